The Hall–Kier alpha value is -0.530. The van der Waals surface area contributed by atoms with Gasteiger partial charge in [-0.15, -0.1) is 0 Å². The summed E-state index contributed by atoms with van der Waals surface area (Å²) in [4.78, 5) is 14.2. The molecule has 0 spiro atoms. The maximum absolute atomic E-state index is 14.2. The van der Waals surface area contributed by atoms with E-state index in [9.17, 15) is 30.3 Å². The second kappa shape index (κ2) is 7.49. The molecule has 0 aliphatic heterocycles. The van der Waals surface area contributed by atoms with E-state index in [2.05, 4.69) is 34.6 Å². The number of ketones is 1. The molecule has 0 aromatic rings. The van der Waals surface area contributed by atoms with Crippen LogP contribution in [0.1, 0.15) is 73.1 Å². The molecule has 0 bridgehead atoms. The van der Waals surface area contributed by atoms with Crippen LogP contribution in [0.2, 0.25) is 0 Å². The van der Waals surface area contributed by atoms with Gasteiger partial charge < -0.3 is 25.5 Å². The van der Waals surface area contributed by atoms with Crippen LogP contribution in [0.25, 0.3) is 0 Å². The summed E-state index contributed by atoms with van der Waals surface area (Å²) in [7, 11) is 0. The zero-order valence-corrected chi connectivity index (χ0v) is 20.8. The van der Waals surface area contributed by atoms with Gasteiger partial charge in [-0.25, -0.2) is 0 Å². The van der Waals surface area contributed by atoms with Crippen LogP contribution in [0.15, 0.2) is 0 Å². The Morgan fingerprint density at radius 2 is 1.61 bits per heavy atom. The van der Waals surface area contributed by atoms with Crippen molar-refractivity contribution in [1.82, 2.24) is 0 Å². The first-order valence-corrected chi connectivity index (χ1v) is 13.2. The predicted molar refractivity (Wildman–Crippen MR) is 123 cm³/mol. The highest BCUT2D eigenvalue weighted by molar-refractivity contribution is 5.89. The van der Waals surface area contributed by atoms with Crippen LogP contribution in [-0.2, 0) is 4.79 Å². The Balaban J connectivity index is 1.56. The minimum Gasteiger partial charge on any atom is -0.390 e. The number of fused-ring (bicyclic) bond motifs is 7. The Bertz CT molecular complexity index is 814. The number of carbonyl (C=O) groups excluding carboxylic acids is 1. The molecule has 0 saturated heterocycles. The van der Waals surface area contributed by atoms with Gasteiger partial charge in [-0.05, 0) is 78.9 Å². The fraction of sp³-hybridized carbons (Fsp3) is 0.963. The average Bonchev–Trinajstić information content (AvgIpc) is 3.11. The predicted octanol–water partition coefficient (Wildman–Crippen LogP) is 2.14. The highest BCUT2D eigenvalue weighted by Gasteiger charge is 2.74. The first kappa shape index (κ1) is 24.2. The van der Waals surface area contributed by atoms with Crippen molar-refractivity contribution in [3.8, 4) is 0 Å². The van der Waals surface area contributed by atoms with Crippen LogP contribution in [0.5, 0.6) is 0 Å². The summed E-state index contributed by atoms with van der Waals surface area (Å²) in [5.74, 6) is -0.777. The largest absolute Gasteiger partial charge is 0.390 e. The van der Waals surface area contributed by atoms with Crippen molar-refractivity contribution < 1.29 is 30.3 Å². The molecule has 33 heavy (non-hydrogen) atoms. The fourth-order valence-corrected chi connectivity index (χ4v) is 10.5. The Kier molecular flexibility index (Phi) is 5.49. The van der Waals surface area contributed by atoms with Crippen molar-refractivity contribution >= 4 is 5.78 Å². The summed E-state index contributed by atoms with van der Waals surface area (Å²) < 4.78 is 0. The molecule has 0 amide bonds. The highest BCUT2D eigenvalue weighted by atomic mass is 16.3. The van der Waals surface area contributed by atoms with Crippen LogP contribution in [0.3, 0.4) is 0 Å². The fourth-order valence-electron chi connectivity index (χ4n) is 10.5. The number of carbonyl (C=O) groups is 1. The molecule has 5 saturated carbocycles. The van der Waals surface area contributed by atoms with Gasteiger partial charge >= 0.3 is 0 Å². The maximum Gasteiger partial charge on any atom is 0.143 e. The standard InChI is InChI=1S/C27H44O6/c1-12(2)9-27(33)10-13(3)19-21(27)24(32)20-18-14(6-7-25(19,20)4)26(5)11-17(29)16(28)8-15(26)22(30)23(18)31/h12-23,28-31,33H,6-11H2,1-5H3/t13-,14?,15-,16+,17+,18?,19+,20+,21-,22-,23-,25-,26-,27-/m1/s1. The van der Waals surface area contributed by atoms with E-state index in [1.165, 1.54) is 0 Å². The molecule has 5 fully saturated rings. The van der Waals surface area contributed by atoms with Crippen molar-refractivity contribution in [2.24, 2.45) is 58.2 Å². The van der Waals surface area contributed by atoms with Crippen molar-refractivity contribution in [2.75, 3.05) is 0 Å². The molecule has 5 N–H and O–H groups in total. The zero-order valence-electron chi connectivity index (χ0n) is 20.8. The van der Waals surface area contributed by atoms with Crippen LogP contribution >= 0.6 is 0 Å². The van der Waals surface area contributed by atoms with E-state index in [1.54, 1.807) is 0 Å². The molecule has 14 atom stereocenters. The van der Waals surface area contributed by atoms with E-state index < -0.39 is 41.3 Å². The van der Waals surface area contributed by atoms with Crippen LogP contribution in [0.4, 0.5) is 0 Å². The van der Waals surface area contributed by atoms with E-state index in [1.807, 2.05) is 0 Å². The lowest BCUT2D eigenvalue weighted by molar-refractivity contribution is -0.235. The topological polar surface area (TPSA) is 118 Å². The lowest BCUT2D eigenvalue weighted by atomic mass is 9.42. The number of aliphatic hydroxyl groups excluding tert-OH is 4. The zero-order chi connectivity index (χ0) is 24.2. The quantitative estimate of drug-likeness (QED) is 0.427. The molecule has 5 rings (SSSR count). The molecule has 0 aromatic carbocycles. The molecular formula is C27H44O6. The normalized spacial score (nSPS) is 60.3. The maximum atomic E-state index is 14.2. The van der Waals surface area contributed by atoms with Crippen LogP contribution in [0, 0.1) is 58.2 Å². The Morgan fingerprint density at radius 1 is 0.939 bits per heavy atom. The van der Waals surface area contributed by atoms with Gasteiger partial charge in [-0.1, -0.05) is 34.6 Å². The van der Waals surface area contributed by atoms with E-state index in [0.29, 0.717) is 19.3 Å². The number of aliphatic hydroxyl groups is 5. The van der Waals surface area contributed by atoms with E-state index in [-0.39, 0.29) is 59.0 Å². The van der Waals surface area contributed by atoms with Crippen molar-refractivity contribution in [3.63, 3.8) is 0 Å². The summed E-state index contributed by atoms with van der Waals surface area (Å²) >= 11 is 0. The van der Waals surface area contributed by atoms with Crippen LogP contribution in [-0.4, -0.2) is 61.3 Å². The van der Waals surface area contributed by atoms with Gasteiger partial charge in [0.25, 0.3) is 0 Å². The van der Waals surface area contributed by atoms with E-state index >= 15 is 0 Å². The van der Waals surface area contributed by atoms with Crippen molar-refractivity contribution in [3.05, 3.63) is 0 Å². The lowest BCUT2D eigenvalue weighted by Crippen LogP contribution is -2.66. The van der Waals surface area contributed by atoms with E-state index in [0.717, 1.165) is 12.8 Å². The van der Waals surface area contributed by atoms with Gasteiger partial charge in [0.1, 0.15) is 5.78 Å². The monoisotopic (exact) mass is 464 g/mol. The first-order valence-electron chi connectivity index (χ1n) is 13.2. The van der Waals surface area contributed by atoms with Crippen LogP contribution < -0.4 is 0 Å². The molecular weight excluding hydrogens is 420 g/mol. The Morgan fingerprint density at radius 3 is 2.24 bits per heavy atom. The molecule has 0 radical (unpaired) electrons. The second-order valence-corrected chi connectivity index (χ2v) is 13.7. The minimum absolute atomic E-state index is 0.00241. The van der Waals surface area contributed by atoms with Gasteiger partial charge in [0.15, 0.2) is 0 Å². The average molecular weight is 465 g/mol. The number of rotatable bonds is 2. The SMILES string of the molecule is CC(C)C[C@@]1(O)C[C@@H](C)[C@H]2[C@@H]1C(=O)[C@@H]1C3C(CC[C@]21C)[C@@]1(C)C[C@H](O)[C@@H](O)C[C@@H]1[C@@H](O)[C@@H]3O. The summed E-state index contributed by atoms with van der Waals surface area (Å²) in [5, 5.41) is 55.3. The number of hydrogen-bond donors (Lipinski definition) is 5. The van der Waals surface area contributed by atoms with Gasteiger partial charge in [0.05, 0.1) is 35.9 Å². The minimum atomic E-state index is -1.03. The van der Waals surface area contributed by atoms with Crippen molar-refractivity contribution in [2.45, 2.75) is 103 Å². The summed E-state index contributed by atoms with van der Waals surface area (Å²) in [6.45, 7) is 10.6. The van der Waals surface area contributed by atoms with Gasteiger partial charge in [0.2, 0.25) is 0 Å². The lowest BCUT2D eigenvalue weighted by Gasteiger charge is -2.63. The second-order valence-electron chi connectivity index (χ2n) is 13.7. The highest BCUT2D eigenvalue weighted by Crippen LogP contribution is 2.71. The molecule has 188 valence electrons. The first-order chi connectivity index (χ1) is 15.3. The molecule has 5 aliphatic rings. The molecule has 0 aromatic heterocycles. The van der Waals surface area contributed by atoms with E-state index in [4.69, 9.17) is 0 Å². The molecule has 6 nitrogen and oxygen atoms in total. The Labute approximate surface area is 197 Å². The molecule has 6 heteroatoms. The smallest absolute Gasteiger partial charge is 0.143 e. The molecule has 5 aliphatic carbocycles. The third-order valence-corrected chi connectivity index (χ3v) is 11.4. The third kappa shape index (κ3) is 3.06. The number of Topliss-reactive ketones (excluding diaryl/α,β-unsaturated/α-hetero) is 1. The summed E-state index contributed by atoms with van der Waals surface area (Å²) in [6.07, 6.45) is -0.202. The molecule has 0 heterocycles. The van der Waals surface area contributed by atoms with Gasteiger partial charge in [-0.3, -0.25) is 4.79 Å². The van der Waals surface area contributed by atoms with Crippen molar-refractivity contribution in [1.29, 1.82) is 0 Å². The molecule has 2 unspecified atom stereocenters. The summed E-state index contributed by atoms with van der Waals surface area (Å²) in [5.41, 5.74) is -1.75. The van der Waals surface area contributed by atoms with Gasteiger partial charge in [-0.2, -0.15) is 0 Å². The van der Waals surface area contributed by atoms with Gasteiger partial charge in [0, 0.05) is 11.8 Å². The number of hydrogen-bond acceptors (Lipinski definition) is 6. The third-order valence-electron chi connectivity index (χ3n) is 11.4. The summed E-state index contributed by atoms with van der Waals surface area (Å²) in [6, 6.07) is 0.